The molecule has 0 spiro atoms. The van der Waals surface area contributed by atoms with Gasteiger partial charge in [-0.2, -0.15) is 0 Å². The van der Waals surface area contributed by atoms with Crippen LogP contribution < -0.4 is 10.7 Å². The number of carbonyl (C=O) groups excluding carboxylic acids is 1. The van der Waals surface area contributed by atoms with E-state index in [0.29, 0.717) is 6.42 Å². The van der Waals surface area contributed by atoms with Gasteiger partial charge in [0, 0.05) is 27.5 Å². The van der Waals surface area contributed by atoms with Crippen molar-refractivity contribution in [3.63, 3.8) is 0 Å². The highest BCUT2D eigenvalue weighted by Crippen LogP contribution is 2.49. The molecule has 238 valence electrons. The largest absolute Gasteiger partial charge is 0.483 e. The first-order chi connectivity index (χ1) is 21.8. The number of H-pyrrole nitrogens is 2. The van der Waals surface area contributed by atoms with Crippen LogP contribution in [-0.2, 0) is 40.6 Å². The summed E-state index contributed by atoms with van der Waals surface area (Å²) in [7, 11) is 1.75. The van der Waals surface area contributed by atoms with Crippen molar-refractivity contribution in [1.82, 2.24) is 9.97 Å². The zero-order valence-electron chi connectivity index (χ0n) is 28.8. The van der Waals surface area contributed by atoms with E-state index in [9.17, 15) is 4.79 Å². The lowest BCUT2D eigenvalue weighted by Crippen LogP contribution is -2.32. The average molecular weight is 607 g/mol. The van der Waals surface area contributed by atoms with Crippen LogP contribution in [0, 0.1) is 0 Å². The number of fused-ring (bicyclic) bond motifs is 1. The van der Waals surface area contributed by atoms with Crippen LogP contribution in [0.3, 0.4) is 0 Å². The molecule has 5 rings (SSSR count). The summed E-state index contributed by atoms with van der Waals surface area (Å²) in [5.41, 5.74) is 13.5. The van der Waals surface area contributed by atoms with Crippen LogP contribution in [0.1, 0.15) is 115 Å². The molecule has 0 bridgehead atoms. The minimum atomic E-state index is -0.190. The SMILES string of the molecule is CCC1=C(CC)C(/C=c2\[nH]c(=Cc3[nH]c(-c4cccc5c4N=C(OC)C5(CC)CC)c(CC)c3CC)c(CC)c2CC)=NC1=O. The van der Waals surface area contributed by atoms with Crippen LogP contribution in [0.15, 0.2) is 39.3 Å². The Balaban J connectivity index is 1.72. The van der Waals surface area contributed by atoms with Crippen molar-refractivity contribution in [2.24, 2.45) is 9.98 Å². The number of allylic oxidation sites excluding steroid dienone is 1. The maximum absolute atomic E-state index is 12.6. The van der Waals surface area contributed by atoms with Gasteiger partial charge in [0.15, 0.2) is 5.90 Å². The molecule has 4 heterocycles. The monoisotopic (exact) mass is 606 g/mol. The number of hydrogen-bond donors (Lipinski definition) is 2. The Kier molecular flexibility index (Phi) is 9.52. The number of rotatable bonds is 11. The minimum Gasteiger partial charge on any atom is -0.483 e. The highest BCUT2D eigenvalue weighted by molar-refractivity contribution is 6.31. The number of ether oxygens (including phenoxy) is 1. The minimum absolute atomic E-state index is 0.0873. The van der Waals surface area contributed by atoms with E-state index >= 15 is 0 Å². The lowest BCUT2D eigenvalue weighted by atomic mass is 9.76. The molecule has 2 aliphatic rings. The summed E-state index contributed by atoms with van der Waals surface area (Å²) in [5.74, 6) is 0.730. The third-order valence-corrected chi connectivity index (χ3v) is 10.2. The van der Waals surface area contributed by atoms with Crippen molar-refractivity contribution >= 4 is 35.4 Å². The number of hydrogen-bond acceptors (Lipinski definition) is 3. The van der Waals surface area contributed by atoms with Gasteiger partial charge in [0.05, 0.1) is 29.6 Å². The molecule has 0 unspecified atom stereocenters. The van der Waals surface area contributed by atoms with Crippen LogP contribution in [0.25, 0.3) is 23.4 Å². The predicted molar refractivity (Wildman–Crippen MR) is 188 cm³/mol. The Morgan fingerprint density at radius 2 is 1.36 bits per heavy atom. The second kappa shape index (κ2) is 13.2. The van der Waals surface area contributed by atoms with E-state index in [-0.39, 0.29) is 11.3 Å². The second-order valence-corrected chi connectivity index (χ2v) is 12.1. The number of aliphatic imine (C=N–C) groups is 2. The summed E-state index contributed by atoms with van der Waals surface area (Å²) in [6.07, 6.45) is 11.4. The van der Waals surface area contributed by atoms with Crippen LogP contribution >= 0.6 is 0 Å². The number of benzene rings is 1. The molecule has 0 aliphatic carbocycles. The van der Waals surface area contributed by atoms with E-state index in [0.717, 1.165) is 101 Å². The fraction of sp³-hybridized carbons (Fsp3) is 0.462. The number of nitrogens with one attached hydrogen (secondary N) is 2. The Morgan fingerprint density at radius 3 is 1.91 bits per heavy atom. The van der Waals surface area contributed by atoms with Gasteiger partial charge in [-0.05, 0) is 96.9 Å². The smallest absolute Gasteiger partial charge is 0.273 e. The first kappa shape index (κ1) is 32.5. The van der Waals surface area contributed by atoms with E-state index in [1.165, 1.54) is 27.8 Å². The summed E-state index contributed by atoms with van der Waals surface area (Å²) in [6.45, 7) is 17.5. The maximum Gasteiger partial charge on any atom is 0.273 e. The van der Waals surface area contributed by atoms with Gasteiger partial charge in [-0.1, -0.05) is 73.6 Å². The molecule has 2 aromatic heterocycles. The summed E-state index contributed by atoms with van der Waals surface area (Å²) in [5, 5.41) is 2.16. The van der Waals surface area contributed by atoms with E-state index in [1.807, 2.05) is 6.92 Å². The second-order valence-electron chi connectivity index (χ2n) is 12.1. The first-order valence-electron chi connectivity index (χ1n) is 17.1. The number of aromatic amines is 2. The van der Waals surface area contributed by atoms with Crippen molar-refractivity contribution in [3.05, 3.63) is 73.6 Å². The molecule has 0 saturated heterocycles. The van der Waals surface area contributed by atoms with Crippen molar-refractivity contribution in [2.75, 3.05) is 7.11 Å². The molecule has 0 radical (unpaired) electrons. The molecule has 3 aromatic rings. The normalized spacial score (nSPS) is 16.6. The quantitative estimate of drug-likeness (QED) is 0.234. The standard InChI is InChI=1S/C39H50N4O2/c1-10-23-24(11-2)32(22-34-26(13-4)28(15-6)37(44)42-34)40-31(23)21-33-25(12-3)27(14-5)35(41-33)29-19-18-20-30-36(29)43-38(45-9)39(30,16-7)17-8/h18-22,40-41H,10-17H2,1-9H3/b31-21?,32-22-. The van der Waals surface area contributed by atoms with Crippen LogP contribution in [0.4, 0.5) is 5.69 Å². The molecule has 0 fully saturated rings. The molecule has 6 heteroatoms. The van der Waals surface area contributed by atoms with Gasteiger partial charge < -0.3 is 14.7 Å². The molecule has 45 heavy (non-hydrogen) atoms. The van der Waals surface area contributed by atoms with Crippen LogP contribution in [0.2, 0.25) is 0 Å². The Labute approximate surface area is 268 Å². The average Bonchev–Trinajstić information content (AvgIpc) is 3.78. The molecule has 2 aliphatic heterocycles. The molecule has 1 aromatic carbocycles. The van der Waals surface area contributed by atoms with Crippen LogP contribution in [0.5, 0.6) is 0 Å². The number of carbonyl (C=O) groups is 1. The van der Waals surface area contributed by atoms with Gasteiger partial charge in [-0.25, -0.2) is 9.98 Å². The maximum atomic E-state index is 12.6. The number of nitrogens with zero attached hydrogens (tertiary/aromatic N) is 2. The van der Waals surface area contributed by atoms with Gasteiger partial charge >= 0.3 is 0 Å². The van der Waals surface area contributed by atoms with Gasteiger partial charge in [-0.15, -0.1) is 0 Å². The molecular formula is C39H50N4O2. The van der Waals surface area contributed by atoms with E-state index in [1.54, 1.807) is 7.11 Å². The lowest BCUT2D eigenvalue weighted by Gasteiger charge is -2.28. The molecule has 6 nitrogen and oxygen atoms in total. The summed E-state index contributed by atoms with van der Waals surface area (Å²) in [6, 6.07) is 6.60. The van der Waals surface area contributed by atoms with Gasteiger partial charge in [0.2, 0.25) is 0 Å². The number of amides is 1. The van der Waals surface area contributed by atoms with Crippen molar-refractivity contribution < 1.29 is 9.53 Å². The summed E-state index contributed by atoms with van der Waals surface area (Å²) in [4.78, 5) is 29.8. The van der Waals surface area contributed by atoms with Crippen molar-refractivity contribution in [1.29, 1.82) is 0 Å². The highest BCUT2D eigenvalue weighted by Gasteiger charge is 2.43. The van der Waals surface area contributed by atoms with E-state index < -0.39 is 0 Å². The number of methoxy groups -OCH3 is 1. The van der Waals surface area contributed by atoms with E-state index in [2.05, 4.69) is 93.8 Å². The van der Waals surface area contributed by atoms with Gasteiger partial charge in [0.1, 0.15) is 0 Å². The molecule has 0 saturated carbocycles. The number of aromatic nitrogens is 2. The zero-order chi connectivity index (χ0) is 32.5. The number of para-hydroxylation sites is 1. The molecule has 2 N–H and O–H groups in total. The Hall–Kier alpha value is -3.93. The fourth-order valence-corrected chi connectivity index (χ4v) is 7.86. The Bertz CT molecular complexity index is 1840. The predicted octanol–water partition coefficient (Wildman–Crippen LogP) is 7.71. The van der Waals surface area contributed by atoms with Crippen molar-refractivity contribution in [3.8, 4) is 11.3 Å². The zero-order valence-corrected chi connectivity index (χ0v) is 28.8. The topological polar surface area (TPSA) is 82.6 Å². The summed E-state index contributed by atoms with van der Waals surface area (Å²) < 4.78 is 5.89. The van der Waals surface area contributed by atoms with Gasteiger partial charge in [-0.3, -0.25) is 4.79 Å². The van der Waals surface area contributed by atoms with Crippen LogP contribution in [-0.4, -0.2) is 34.6 Å². The van der Waals surface area contributed by atoms with Crippen molar-refractivity contribution in [2.45, 2.75) is 112 Å². The Morgan fingerprint density at radius 1 is 0.733 bits per heavy atom. The third-order valence-electron chi connectivity index (χ3n) is 10.2. The summed E-state index contributed by atoms with van der Waals surface area (Å²) >= 11 is 0. The first-order valence-corrected chi connectivity index (χ1v) is 17.1. The van der Waals surface area contributed by atoms with Gasteiger partial charge in [0.25, 0.3) is 5.91 Å². The molecule has 0 atom stereocenters. The third kappa shape index (κ3) is 5.16. The highest BCUT2D eigenvalue weighted by atomic mass is 16.5. The molecule has 1 amide bonds. The van der Waals surface area contributed by atoms with E-state index in [4.69, 9.17) is 9.73 Å². The molecular weight excluding hydrogens is 556 g/mol. The fourth-order valence-electron chi connectivity index (χ4n) is 7.86. The lowest BCUT2D eigenvalue weighted by molar-refractivity contribution is -0.114.